The summed E-state index contributed by atoms with van der Waals surface area (Å²) in [7, 11) is 2.18. The number of carbonyl (C=O) groups excluding carboxylic acids is 2. The molecule has 1 spiro atoms. The fraction of sp³-hybridized carbons (Fsp3) is 0.556. The van der Waals surface area contributed by atoms with E-state index in [0.717, 1.165) is 36.4 Å². The van der Waals surface area contributed by atoms with Crippen molar-refractivity contribution in [3.63, 3.8) is 0 Å². The van der Waals surface area contributed by atoms with Crippen LogP contribution in [0.4, 0.5) is 0 Å². The molecular formula is C27H37N3O3. The fourth-order valence-electron chi connectivity index (χ4n) is 5.79. The first kappa shape index (κ1) is 23.6. The maximum Gasteiger partial charge on any atom is 0.253 e. The lowest BCUT2D eigenvalue weighted by Crippen LogP contribution is -2.61. The van der Waals surface area contributed by atoms with Crippen molar-refractivity contribution in [3.8, 4) is 5.75 Å². The highest BCUT2D eigenvalue weighted by Gasteiger charge is 2.49. The highest BCUT2D eigenvalue weighted by atomic mass is 16.5. The molecule has 2 aliphatic rings. The second-order valence-corrected chi connectivity index (χ2v) is 10.6. The number of hydrogen-bond donors (Lipinski definition) is 0. The quantitative estimate of drug-likeness (QED) is 0.638. The number of ketones is 1. The SMILES string of the molecule is CC(=O)c1ccc2n1C(C)(C)CN(C)C21CCN(C(=O)c2ccc(OC(C)C)c(C)c2)CC1. The van der Waals surface area contributed by atoms with Gasteiger partial charge in [0.05, 0.1) is 22.9 Å². The van der Waals surface area contributed by atoms with Crippen LogP contribution in [0.2, 0.25) is 0 Å². The molecule has 1 aromatic heterocycles. The first-order valence-electron chi connectivity index (χ1n) is 12.0. The lowest BCUT2D eigenvalue weighted by atomic mass is 9.78. The highest BCUT2D eigenvalue weighted by Crippen LogP contribution is 2.45. The zero-order chi connectivity index (χ0) is 24.1. The lowest BCUT2D eigenvalue weighted by molar-refractivity contribution is -0.0146. The summed E-state index contributed by atoms with van der Waals surface area (Å²) in [4.78, 5) is 30.0. The molecule has 178 valence electrons. The van der Waals surface area contributed by atoms with Gasteiger partial charge < -0.3 is 14.2 Å². The Kier molecular flexibility index (Phi) is 5.94. The van der Waals surface area contributed by atoms with Gasteiger partial charge in [-0.1, -0.05) is 0 Å². The van der Waals surface area contributed by atoms with Crippen molar-refractivity contribution < 1.29 is 14.3 Å². The van der Waals surface area contributed by atoms with Crippen molar-refractivity contribution >= 4 is 11.7 Å². The number of likely N-dealkylation sites (tertiary alicyclic amines) is 1. The van der Waals surface area contributed by atoms with Crippen LogP contribution in [-0.2, 0) is 11.1 Å². The number of fused-ring (bicyclic) bond motifs is 2. The van der Waals surface area contributed by atoms with Gasteiger partial charge in [-0.15, -0.1) is 0 Å². The molecule has 3 heterocycles. The number of aryl methyl sites for hydroxylation is 1. The molecule has 1 fully saturated rings. The number of nitrogens with zero attached hydrogens (tertiary/aromatic N) is 3. The molecule has 1 amide bonds. The van der Waals surface area contributed by atoms with E-state index in [1.165, 1.54) is 5.69 Å². The zero-order valence-electron chi connectivity index (χ0n) is 21.1. The van der Waals surface area contributed by atoms with Crippen LogP contribution in [0.15, 0.2) is 30.3 Å². The average molecular weight is 452 g/mol. The van der Waals surface area contributed by atoms with E-state index in [2.05, 4.69) is 36.4 Å². The minimum atomic E-state index is -0.163. The second kappa shape index (κ2) is 8.32. The summed E-state index contributed by atoms with van der Waals surface area (Å²) in [5, 5.41) is 0. The number of amides is 1. The van der Waals surface area contributed by atoms with E-state index in [-0.39, 0.29) is 28.9 Å². The molecule has 1 aromatic carbocycles. The first-order valence-corrected chi connectivity index (χ1v) is 12.0. The van der Waals surface area contributed by atoms with Crippen LogP contribution in [-0.4, -0.2) is 58.8 Å². The Morgan fingerprint density at radius 1 is 1.06 bits per heavy atom. The number of benzene rings is 1. The smallest absolute Gasteiger partial charge is 0.253 e. The number of hydrogen-bond acceptors (Lipinski definition) is 4. The van der Waals surface area contributed by atoms with Crippen LogP contribution in [0, 0.1) is 6.92 Å². The Labute approximate surface area is 197 Å². The zero-order valence-corrected chi connectivity index (χ0v) is 21.1. The minimum Gasteiger partial charge on any atom is -0.491 e. The predicted molar refractivity (Wildman–Crippen MR) is 130 cm³/mol. The van der Waals surface area contributed by atoms with Crippen molar-refractivity contribution in [2.24, 2.45) is 0 Å². The van der Waals surface area contributed by atoms with Crippen molar-refractivity contribution in [1.29, 1.82) is 0 Å². The molecule has 1 saturated heterocycles. The molecule has 2 aromatic rings. The van der Waals surface area contributed by atoms with Gasteiger partial charge >= 0.3 is 0 Å². The molecule has 2 aliphatic heterocycles. The van der Waals surface area contributed by atoms with Crippen molar-refractivity contribution in [2.75, 3.05) is 26.7 Å². The van der Waals surface area contributed by atoms with E-state index >= 15 is 0 Å². The molecule has 0 atom stereocenters. The largest absolute Gasteiger partial charge is 0.491 e. The van der Waals surface area contributed by atoms with Crippen LogP contribution < -0.4 is 4.74 Å². The Hall–Kier alpha value is -2.60. The number of carbonyl (C=O) groups is 2. The summed E-state index contributed by atoms with van der Waals surface area (Å²) >= 11 is 0. The van der Waals surface area contributed by atoms with E-state index < -0.39 is 0 Å². The molecule has 0 saturated carbocycles. The fourth-order valence-corrected chi connectivity index (χ4v) is 5.79. The number of rotatable bonds is 4. The van der Waals surface area contributed by atoms with E-state index in [1.54, 1.807) is 6.92 Å². The summed E-state index contributed by atoms with van der Waals surface area (Å²) in [6.07, 6.45) is 1.80. The number of ether oxygens (including phenoxy) is 1. The van der Waals surface area contributed by atoms with Gasteiger partial charge in [-0.2, -0.15) is 0 Å². The second-order valence-electron chi connectivity index (χ2n) is 10.6. The molecule has 4 rings (SSSR count). The average Bonchev–Trinajstić information content (AvgIpc) is 3.21. The molecule has 33 heavy (non-hydrogen) atoms. The molecule has 6 nitrogen and oxygen atoms in total. The van der Waals surface area contributed by atoms with Crippen molar-refractivity contribution in [2.45, 2.75) is 71.6 Å². The summed E-state index contributed by atoms with van der Waals surface area (Å²) < 4.78 is 8.08. The maximum atomic E-state index is 13.3. The molecule has 0 N–H and O–H groups in total. The summed E-state index contributed by atoms with van der Waals surface area (Å²) in [5.74, 6) is 0.997. The summed E-state index contributed by atoms with van der Waals surface area (Å²) in [6.45, 7) is 14.3. The molecular weight excluding hydrogens is 414 g/mol. The number of aromatic nitrogens is 1. The highest BCUT2D eigenvalue weighted by molar-refractivity contribution is 5.95. The van der Waals surface area contributed by atoms with Gasteiger partial charge in [0, 0.05) is 37.8 Å². The third-order valence-electron chi connectivity index (χ3n) is 7.34. The maximum absolute atomic E-state index is 13.3. The summed E-state index contributed by atoms with van der Waals surface area (Å²) in [6, 6.07) is 9.81. The first-order chi connectivity index (χ1) is 15.5. The van der Waals surface area contributed by atoms with Gasteiger partial charge in [0.15, 0.2) is 5.78 Å². The standard InChI is InChI=1S/C27H37N3O3/c1-18(2)33-23-10-8-21(16-19(23)3)25(32)29-14-12-27(13-15-29)24-11-9-22(20(4)31)30(24)26(5,6)17-28(27)7/h8-11,16,18H,12-15,17H2,1-7H3. The normalized spacial score (nSPS) is 19.6. The molecule has 0 radical (unpaired) electrons. The van der Waals surface area contributed by atoms with Gasteiger partial charge in [-0.05, 0) is 90.4 Å². The van der Waals surface area contributed by atoms with Crippen LogP contribution in [0.25, 0.3) is 0 Å². The molecule has 0 aliphatic carbocycles. The van der Waals surface area contributed by atoms with E-state index in [4.69, 9.17) is 4.74 Å². The van der Waals surface area contributed by atoms with E-state index in [9.17, 15) is 9.59 Å². The number of piperidine rings is 1. The van der Waals surface area contributed by atoms with Crippen LogP contribution >= 0.6 is 0 Å². The Morgan fingerprint density at radius 3 is 2.30 bits per heavy atom. The van der Waals surface area contributed by atoms with Crippen LogP contribution in [0.5, 0.6) is 5.75 Å². The Balaban J connectivity index is 1.57. The van der Waals surface area contributed by atoms with Crippen molar-refractivity contribution in [3.05, 3.63) is 52.8 Å². The van der Waals surface area contributed by atoms with E-state index in [1.807, 2.05) is 49.9 Å². The topological polar surface area (TPSA) is 54.8 Å². The van der Waals surface area contributed by atoms with Gasteiger partial charge in [0.2, 0.25) is 0 Å². The van der Waals surface area contributed by atoms with E-state index in [0.29, 0.717) is 18.7 Å². The monoisotopic (exact) mass is 451 g/mol. The van der Waals surface area contributed by atoms with Gasteiger partial charge in [0.1, 0.15) is 5.75 Å². The third-order valence-corrected chi connectivity index (χ3v) is 7.34. The number of Topliss-reactive ketones (excluding diaryl/α,β-unsaturated/α-hetero) is 1. The Morgan fingerprint density at radius 2 is 1.73 bits per heavy atom. The predicted octanol–water partition coefficient (Wildman–Crippen LogP) is 4.60. The molecule has 6 heteroatoms. The lowest BCUT2D eigenvalue weighted by Gasteiger charge is -2.55. The molecule has 0 bridgehead atoms. The van der Waals surface area contributed by atoms with Gasteiger partial charge in [-0.25, -0.2) is 0 Å². The number of likely N-dealkylation sites (N-methyl/N-ethyl adjacent to an activating group) is 1. The Bertz CT molecular complexity index is 1070. The van der Waals surface area contributed by atoms with Gasteiger partial charge in [0.25, 0.3) is 5.91 Å². The van der Waals surface area contributed by atoms with Crippen LogP contribution in [0.1, 0.15) is 79.6 Å². The van der Waals surface area contributed by atoms with Crippen LogP contribution in [0.3, 0.4) is 0 Å². The van der Waals surface area contributed by atoms with Gasteiger partial charge in [-0.3, -0.25) is 14.5 Å². The van der Waals surface area contributed by atoms with Crippen molar-refractivity contribution in [1.82, 2.24) is 14.4 Å². The minimum absolute atomic E-state index is 0.0719. The third kappa shape index (κ3) is 3.99. The molecule has 0 unspecified atom stereocenters. The summed E-state index contributed by atoms with van der Waals surface area (Å²) in [5.41, 5.74) is 3.34.